The zero-order chi connectivity index (χ0) is 18.7. The Morgan fingerprint density at radius 2 is 2.12 bits per heavy atom. The van der Waals surface area contributed by atoms with Crippen molar-refractivity contribution in [1.29, 1.82) is 0 Å². The molecule has 132 valence electrons. The molecule has 0 aliphatic rings. The molecule has 0 aromatic carbocycles. The highest BCUT2D eigenvalue weighted by Crippen LogP contribution is 2.19. The van der Waals surface area contributed by atoms with Gasteiger partial charge in [0.2, 0.25) is 0 Å². The van der Waals surface area contributed by atoms with Crippen molar-refractivity contribution in [3.63, 3.8) is 0 Å². The van der Waals surface area contributed by atoms with Crippen molar-refractivity contribution in [2.45, 2.75) is 20.3 Å². The van der Waals surface area contributed by atoms with Crippen LogP contribution in [0.25, 0.3) is 5.69 Å². The van der Waals surface area contributed by atoms with E-state index in [9.17, 15) is 9.90 Å². The molecule has 3 rings (SSSR count). The number of nitrogens with zero attached hydrogens (tertiary/aromatic N) is 3. The van der Waals surface area contributed by atoms with Gasteiger partial charge in [-0.3, -0.25) is 9.36 Å². The number of aryl methyl sites for hydroxylation is 1. The number of rotatable bonds is 3. The number of nitrogens with one attached hydrogen (secondary N) is 1. The van der Waals surface area contributed by atoms with E-state index in [1.54, 1.807) is 30.6 Å². The van der Waals surface area contributed by atoms with E-state index in [1.165, 1.54) is 0 Å². The first-order valence-electron chi connectivity index (χ1n) is 8.02. The number of aliphatic hydroxyl groups excluding tert-OH is 1. The van der Waals surface area contributed by atoms with E-state index in [1.807, 2.05) is 18.4 Å². The molecule has 0 aliphatic carbocycles. The fourth-order valence-corrected chi connectivity index (χ4v) is 2.96. The molecule has 0 radical (unpaired) electrons. The smallest absolute Gasteiger partial charge is 0.253 e. The Bertz CT molecular complexity index is 1070. The van der Waals surface area contributed by atoms with Crippen LogP contribution in [0.3, 0.4) is 0 Å². The highest BCUT2D eigenvalue weighted by atomic mass is 35.5. The zero-order valence-electron chi connectivity index (χ0n) is 14.4. The molecular weight excluding hydrogens is 352 g/mol. The molecule has 3 aromatic heterocycles. The average Bonchev–Trinajstić information content (AvgIpc) is 2.89. The number of halogens is 1. The zero-order valence-corrected chi connectivity index (χ0v) is 15.1. The lowest BCUT2D eigenvalue weighted by Gasteiger charge is -2.12. The fraction of sp³-hybridized carbons (Fsp3) is 0.211. The molecule has 0 amide bonds. The van der Waals surface area contributed by atoms with E-state index in [0.29, 0.717) is 27.9 Å². The lowest BCUT2D eigenvalue weighted by molar-refractivity contribution is 0.299. The van der Waals surface area contributed by atoms with Gasteiger partial charge in [0.05, 0.1) is 11.4 Å². The van der Waals surface area contributed by atoms with Crippen molar-refractivity contribution in [3.05, 3.63) is 74.4 Å². The second-order valence-corrected chi connectivity index (χ2v) is 6.08. The lowest BCUT2D eigenvalue weighted by Crippen LogP contribution is -2.18. The summed E-state index contributed by atoms with van der Waals surface area (Å²) in [6.45, 7) is 3.64. The fourth-order valence-electron chi connectivity index (χ4n) is 2.79. The average molecular weight is 369 g/mol. The summed E-state index contributed by atoms with van der Waals surface area (Å²) in [5, 5.41) is 9.66. The molecule has 0 atom stereocenters. The topological polar surface area (TPSA) is 83.8 Å². The van der Waals surface area contributed by atoms with E-state index in [2.05, 4.69) is 26.8 Å². The Morgan fingerprint density at radius 3 is 2.85 bits per heavy atom. The quantitative estimate of drug-likeness (QED) is 0.548. The third-order valence-electron chi connectivity index (χ3n) is 3.97. The summed E-state index contributed by atoms with van der Waals surface area (Å²) in [4.78, 5) is 23.2. The molecule has 0 aliphatic heterocycles. The van der Waals surface area contributed by atoms with Gasteiger partial charge in [0.15, 0.2) is 0 Å². The number of hydrogen-bond acceptors (Lipinski definition) is 4. The van der Waals surface area contributed by atoms with Gasteiger partial charge in [-0.25, -0.2) is 9.97 Å². The first kappa shape index (κ1) is 17.9. The van der Waals surface area contributed by atoms with Crippen LogP contribution in [0.2, 0.25) is 5.15 Å². The van der Waals surface area contributed by atoms with Gasteiger partial charge in [-0.1, -0.05) is 17.5 Å². The minimum absolute atomic E-state index is 0.109. The van der Waals surface area contributed by atoms with Gasteiger partial charge in [0, 0.05) is 36.5 Å². The maximum atomic E-state index is 12.1. The number of hydrogen-bond donors (Lipinski definition) is 2. The summed E-state index contributed by atoms with van der Waals surface area (Å²) in [5.41, 5.74) is 3.17. The number of pyridine rings is 2. The summed E-state index contributed by atoms with van der Waals surface area (Å²) in [5.74, 6) is 6.79. The number of imidazole rings is 1. The highest BCUT2D eigenvalue weighted by Gasteiger charge is 2.15. The van der Waals surface area contributed by atoms with Crippen LogP contribution in [0.1, 0.15) is 28.3 Å². The molecule has 0 bridgehead atoms. The molecule has 6 nitrogen and oxygen atoms in total. The molecule has 0 unspecified atom stereocenters. The van der Waals surface area contributed by atoms with Gasteiger partial charge < -0.3 is 10.1 Å². The molecule has 0 saturated carbocycles. The van der Waals surface area contributed by atoms with Crippen LogP contribution in [0.15, 0.2) is 35.4 Å². The minimum atomic E-state index is -0.219. The van der Waals surface area contributed by atoms with Crippen LogP contribution in [0.5, 0.6) is 0 Å². The Balaban J connectivity index is 2.08. The molecule has 3 aromatic rings. The second-order valence-electron chi connectivity index (χ2n) is 5.69. The maximum absolute atomic E-state index is 12.1. The summed E-state index contributed by atoms with van der Waals surface area (Å²) in [6.07, 6.45) is 3.45. The predicted octanol–water partition coefficient (Wildman–Crippen LogP) is 2.16. The Labute approximate surface area is 155 Å². The van der Waals surface area contributed by atoms with Crippen molar-refractivity contribution in [1.82, 2.24) is 19.5 Å². The molecular formula is C19H17ClN4O2. The van der Waals surface area contributed by atoms with Crippen LogP contribution >= 0.6 is 11.6 Å². The summed E-state index contributed by atoms with van der Waals surface area (Å²) >= 11 is 5.88. The predicted molar refractivity (Wildman–Crippen MR) is 99.7 cm³/mol. The largest absolute Gasteiger partial charge is 0.396 e. The SMILES string of the molecule is Cc1nc(C#Cc2ccnc(Cl)c2)c(C)n1-c1cc[nH]c(=O)c1CCO. The third kappa shape index (κ3) is 3.54. The van der Waals surface area contributed by atoms with Crippen molar-refractivity contribution in [2.24, 2.45) is 0 Å². The van der Waals surface area contributed by atoms with Crippen LogP contribution < -0.4 is 5.56 Å². The summed E-state index contributed by atoms with van der Waals surface area (Å²) < 4.78 is 1.88. The van der Waals surface area contributed by atoms with E-state index in [0.717, 1.165) is 11.3 Å². The van der Waals surface area contributed by atoms with E-state index in [4.69, 9.17) is 11.6 Å². The van der Waals surface area contributed by atoms with Gasteiger partial charge in [-0.05, 0) is 38.0 Å². The molecule has 0 saturated heterocycles. The monoisotopic (exact) mass is 368 g/mol. The molecule has 3 heterocycles. The van der Waals surface area contributed by atoms with Gasteiger partial charge >= 0.3 is 0 Å². The Hall–Kier alpha value is -2.88. The first-order valence-corrected chi connectivity index (χ1v) is 8.40. The Kier molecular flexibility index (Phi) is 5.21. The molecule has 0 fully saturated rings. The van der Waals surface area contributed by atoms with Crippen LogP contribution in [0.4, 0.5) is 0 Å². The molecule has 0 spiro atoms. The van der Waals surface area contributed by atoms with Gasteiger partial charge in [0.25, 0.3) is 5.56 Å². The van der Waals surface area contributed by atoms with E-state index >= 15 is 0 Å². The van der Waals surface area contributed by atoms with Crippen LogP contribution in [0, 0.1) is 25.7 Å². The van der Waals surface area contributed by atoms with Crippen molar-refractivity contribution in [3.8, 4) is 17.5 Å². The number of H-pyrrole nitrogens is 1. The minimum Gasteiger partial charge on any atom is -0.396 e. The van der Waals surface area contributed by atoms with E-state index in [-0.39, 0.29) is 18.6 Å². The third-order valence-corrected chi connectivity index (χ3v) is 4.18. The van der Waals surface area contributed by atoms with Crippen molar-refractivity contribution in [2.75, 3.05) is 6.61 Å². The second kappa shape index (κ2) is 7.56. The summed E-state index contributed by atoms with van der Waals surface area (Å²) in [7, 11) is 0. The van der Waals surface area contributed by atoms with Crippen LogP contribution in [-0.4, -0.2) is 31.2 Å². The normalized spacial score (nSPS) is 10.5. The highest BCUT2D eigenvalue weighted by molar-refractivity contribution is 6.29. The summed E-state index contributed by atoms with van der Waals surface area (Å²) in [6, 6.07) is 5.26. The van der Waals surface area contributed by atoms with Gasteiger partial charge in [0.1, 0.15) is 16.7 Å². The standard InChI is InChI=1S/C19H17ClN4O2/c1-12-16(4-3-14-5-8-21-18(20)11-14)23-13(2)24(12)17-6-9-22-19(26)15(17)7-10-25/h5-6,8-9,11,25H,7,10H2,1-2H3,(H,22,26). The first-order chi connectivity index (χ1) is 12.5. The molecule has 2 N–H and O–H groups in total. The molecule has 7 heteroatoms. The molecule has 26 heavy (non-hydrogen) atoms. The van der Waals surface area contributed by atoms with Gasteiger partial charge in [-0.15, -0.1) is 0 Å². The number of aromatic nitrogens is 4. The Morgan fingerprint density at radius 1 is 1.31 bits per heavy atom. The number of aromatic amines is 1. The van der Waals surface area contributed by atoms with Crippen molar-refractivity contribution < 1.29 is 5.11 Å². The maximum Gasteiger partial charge on any atom is 0.253 e. The number of aliphatic hydroxyl groups is 1. The lowest BCUT2D eigenvalue weighted by atomic mass is 10.1. The van der Waals surface area contributed by atoms with E-state index < -0.39 is 0 Å². The van der Waals surface area contributed by atoms with Crippen molar-refractivity contribution >= 4 is 11.6 Å². The van der Waals surface area contributed by atoms with Gasteiger partial charge in [-0.2, -0.15) is 0 Å². The van der Waals surface area contributed by atoms with Crippen LogP contribution in [-0.2, 0) is 6.42 Å².